The van der Waals surface area contributed by atoms with Gasteiger partial charge in [-0.3, -0.25) is 0 Å². The molecule has 0 amide bonds. The maximum atomic E-state index is 12.2. The van der Waals surface area contributed by atoms with Gasteiger partial charge in [-0.25, -0.2) is 4.79 Å². The number of ether oxygens (including phenoxy) is 1. The smallest absolute Gasteiger partial charge is 0.342 e. The number of fused-ring (bicyclic) bond motifs is 1. The van der Waals surface area contributed by atoms with Crippen molar-refractivity contribution in [2.75, 3.05) is 6.61 Å². The van der Waals surface area contributed by atoms with Gasteiger partial charge in [-0.1, -0.05) is 38.2 Å². The molecule has 1 heterocycles. The topological polar surface area (TPSA) is 39.4 Å². The molecule has 2 aromatic rings. The van der Waals surface area contributed by atoms with Gasteiger partial charge in [-0.15, -0.1) is 0 Å². The van der Waals surface area contributed by atoms with E-state index in [0.29, 0.717) is 17.9 Å². The average molecular weight is 300 g/mol. The molecule has 1 aliphatic carbocycles. The highest BCUT2D eigenvalue weighted by molar-refractivity contribution is 6.04. The van der Waals surface area contributed by atoms with Crippen molar-refractivity contribution in [3.8, 4) is 0 Å². The van der Waals surface area contributed by atoms with Crippen molar-refractivity contribution in [1.82, 2.24) is 0 Å². The van der Waals surface area contributed by atoms with Gasteiger partial charge in [0.1, 0.15) is 16.9 Å². The normalized spacial score (nSPS) is 16.1. The van der Waals surface area contributed by atoms with Gasteiger partial charge in [0.05, 0.1) is 6.61 Å². The Kier molecular flexibility index (Phi) is 4.51. The van der Waals surface area contributed by atoms with Crippen LogP contribution in [0.4, 0.5) is 0 Å². The van der Waals surface area contributed by atoms with Gasteiger partial charge in [0.25, 0.3) is 0 Å². The first-order valence-electron chi connectivity index (χ1n) is 8.38. The lowest BCUT2D eigenvalue weighted by Gasteiger charge is -2.21. The van der Waals surface area contributed by atoms with E-state index < -0.39 is 0 Å². The fourth-order valence-electron chi connectivity index (χ4n) is 3.58. The van der Waals surface area contributed by atoms with Crippen molar-refractivity contribution in [1.29, 1.82) is 0 Å². The van der Waals surface area contributed by atoms with E-state index in [0.717, 1.165) is 23.3 Å². The van der Waals surface area contributed by atoms with Crippen molar-refractivity contribution in [3.63, 3.8) is 0 Å². The molecule has 1 aromatic heterocycles. The SMILES string of the molecule is CCOC(=O)c1c(C)oc2ccc(CC3CCCCC3)cc12. The molecule has 3 rings (SSSR count). The number of carbonyl (C=O) groups is 1. The Hall–Kier alpha value is -1.77. The lowest BCUT2D eigenvalue weighted by molar-refractivity contribution is 0.0526. The maximum Gasteiger partial charge on any atom is 0.342 e. The van der Waals surface area contributed by atoms with Crippen LogP contribution in [-0.2, 0) is 11.2 Å². The standard InChI is InChI=1S/C19H24O3/c1-3-21-19(20)18-13(2)22-17-10-9-15(12-16(17)18)11-14-7-5-4-6-8-14/h9-10,12,14H,3-8,11H2,1-2H3. The first-order valence-corrected chi connectivity index (χ1v) is 8.38. The Morgan fingerprint density at radius 3 is 2.77 bits per heavy atom. The molecule has 1 saturated carbocycles. The highest BCUT2D eigenvalue weighted by Gasteiger charge is 2.20. The summed E-state index contributed by atoms with van der Waals surface area (Å²) in [5, 5.41) is 0.893. The van der Waals surface area contributed by atoms with E-state index in [-0.39, 0.29) is 5.97 Å². The summed E-state index contributed by atoms with van der Waals surface area (Å²) in [6, 6.07) is 6.24. The van der Waals surface area contributed by atoms with Gasteiger partial charge >= 0.3 is 5.97 Å². The van der Waals surface area contributed by atoms with Gasteiger partial charge in [0.2, 0.25) is 0 Å². The zero-order valence-electron chi connectivity index (χ0n) is 13.5. The third kappa shape index (κ3) is 3.03. The number of aryl methyl sites for hydroxylation is 1. The zero-order chi connectivity index (χ0) is 15.5. The van der Waals surface area contributed by atoms with Gasteiger partial charge in [0.15, 0.2) is 0 Å². The Labute approximate surface area is 131 Å². The number of benzene rings is 1. The molecule has 22 heavy (non-hydrogen) atoms. The molecular formula is C19H24O3. The van der Waals surface area contributed by atoms with Crippen LogP contribution in [0.5, 0.6) is 0 Å². The van der Waals surface area contributed by atoms with E-state index in [2.05, 4.69) is 12.1 Å². The van der Waals surface area contributed by atoms with Crippen LogP contribution >= 0.6 is 0 Å². The van der Waals surface area contributed by atoms with E-state index in [9.17, 15) is 4.79 Å². The quantitative estimate of drug-likeness (QED) is 0.742. The van der Waals surface area contributed by atoms with Crippen LogP contribution in [0.25, 0.3) is 11.0 Å². The molecule has 3 nitrogen and oxygen atoms in total. The van der Waals surface area contributed by atoms with E-state index >= 15 is 0 Å². The van der Waals surface area contributed by atoms with Crippen molar-refractivity contribution in [2.45, 2.75) is 52.4 Å². The number of furan rings is 1. The Bertz CT molecular complexity index is 663. The summed E-state index contributed by atoms with van der Waals surface area (Å²) in [5.41, 5.74) is 2.65. The molecule has 0 saturated heterocycles. The van der Waals surface area contributed by atoms with E-state index in [4.69, 9.17) is 9.15 Å². The highest BCUT2D eigenvalue weighted by atomic mass is 16.5. The van der Waals surface area contributed by atoms with Gasteiger partial charge in [-0.05, 0) is 43.9 Å². The minimum Gasteiger partial charge on any atom is -0.462 e. The Balaban J connectivity index is 1.90. The zero-order valence-corrected chi connectivity index (χ0v) is 13.5. The molecule has 0 aliphatic heterocycles. The number of hydrogen-bond donors (Lipinski definition) is 0. The van der Waals surface area contributed by atoms with Gasteiger partial charge in [-0.2, -0.15) is 0 Å². The second-order valence-corrected chi connectivity index (χ2v) is 6.29. The molecule has 1 aromatic carbocycles. The monoisotopic (exact) mass is 300 g/mol. The maximum absolute atomic E-state index is 12.2. The summed E-state index contributed by atoms with van der Waals surface area (Å²) in [6.07, 6.45) is 7.84. The summed E-state index contributed by atoms with van der Waals surface area (Å²) in [5.74, 6) is 1.14. The number of rotatable bonds is 4. The van der Waals surface area contributed by atoms with Crippen LogP contribution in [0.3, 0.4) is 0 Å². The average Bonchev–Trinajstić information content (AvgIpc) is 2.84. The Morgan fingerprint density at radius 1 is 1.27 bits per heavy atom. The largest absolute Gasteiger partial charge is 0.462 e. The molecule has 0 N–H and O–H groups in total. The summed E-state index contributed by atoms with van der Waals surface area (Å²) in [7, 11) is 0. The van der Waals surface area contributed by atoms with Crippen LogP contribution < -0.4 is 0 Å². The third-order valence-corrected chi connectivity index (χ3v) is 4.66. The molecule has 0 spiro atoms. The van der Waals surface area contributed by atoms with Crippen molar-refractivity contribution < 1.29 is 13.9 Å². The first kappa shape index (κ1) is 15.1. The van der Waals surface area contributed by atoms with Crippen LogP contribution in [0.1, 0.15) is 60.7 Å². The van der Waals surface area contributed by atoms with Crippen LogP contribution in [0.15, 0.2) is 22.6 Å². The fourth-order valence-corrected chi connectivity index (χ4v) is 3.58. The summed E-state index contributed by atoms with van der Waals surface area (Å²) >= 11 is 0. The van der Waals surface area contributed by atoms with E-state index in [1.165, 1.54) is 37.7 Å². The lowest BCUT2D eigenvalue weighted by Crippen LogP contribution is -2.09. The molecule has 3 heteroatoms. The molecule has 0 atom stereocenters. The van der Waals surface area contributed by atoms with Gasteiger partial charge in [0, 0.05) is 5.39 Å². The minimum atomic E-state index is -0.284. The molecule has 0 radical (unpaired) electrons. The molecule has 1 fully saturated rings. The second-order valence-electron chi connectivity index (χ2n) is 6.29. The van der Waals surface area contributed by atoms with Crippen molar-refractivity contribution in [3.05, 3.63) is 35.1 Å². The Morgan fingerprint density at radius 2 is 2.05 bits per heavy atom. The fraction of sp³-hybridized carbons (Fsp3) is 0.526. The highest BCUT2D eigenvalue weighted by Crippen LogP contribution is 2.31. The van der Waals surface area contributed by atoms with Crippen molar-refractivity contribution >= 4 is 16.9 Å². The van der Waals surface area contributed by atoms with Crippen LogP contribution in [-0.4, -0.2) is 12.6 Å². The second kappa shape index (κ2) is 6.55. The summed E-state index contributed by atoms with van der Waals surface area (Å²) in [6.45, 7) is 4.03. The predicted molar refractivity (Wildman–Crippen MR) is 87.2 cm³/mol. The third-order valence-electron chi connectivity index (χ3n) is 4.66. The molecule has 0 bridgehead atoms. The number of esters is 1. The van der Waals surface area contributed by atoms with Crippen molar-refractivity contribution in [2.24, 2.45) is 5.92 Å². The molecule has 0 unspecified atom stereocenters. The summed E-state index contributed by atoms with van der Waals surface area (Å²) < 4.78 is 10.9. The lowest BCUT2D eigenvalue weighted by atomic mass is 9.84. The first-order chi connectivity index (χ1) is 10.7. The van der Waals surface area contributed by atoms with E-state index in [1.54, 1.807) is 0 Å². The van der Waals surface area contributed by atoms with Crippen LogP contribution in [0.2, 0.25) is 0 Å². The van der Waals surface area contributed by atoms with Crippen LogP contribution in [0, 0.1) is 12.8 Å². The molecule has 1 aliphatic rings. The molecular weight excluding hydrogens is 276 g/mol. The predicted octanol–water partition coefficient (Wildman–Crippen LogP) is 5.04. The van der Waals surface area contributed by atoms with Gasteiger partial charge < -0.3 is 9.15 Å². The number of carbonyl (C=O) groups excluding carboxylic acids is 1. The molecule has 118 valence electrons. The summed E-state index contributed by atoms with van der Waals surface area (Å²) in [4.78, 5) is 12.2. The number of hydrogen-bond acceptors (Lipinski definition) is 3. The minimum absolute atomic E-state index is 0.284. The van der Waals surface area contributed by atoms with E-state index in [1.807, 2.05) is 19.9 Å².